The summed E-state index contributed by atoms with van der Waals surface area (Å²) in [6.45, 7) is 3.90. The average molecular weight is 324 g/mol. The number of nitrogens with one attached hydrogen (secondary N) is 1. The van der Waals surface area contributed by atoms with Crippen molar-refractivity contribution < 1.29 is 14.3 Å². The first-order valence-electron chi connectivity index (χ1n) is 7.85. The molecule has 2 amide bonds. The summed E-state index contributed by atoms with van der Waals surface area (Å²) < 4.78 is 5.12. The molecule has 0 aromatic heterocycles. The Morgan fingerprint density at radius 3 is 2.46 bits per heavy atom. The van der Waals surface area contributed by atoms with Crippen LogP contribution in [-0.2, 0) is 9.59 Å². The van der Waals surface area contributed by atoms with Gasteiger partial charge < -0.3 is 10.1 Å². The van der Waals surface area contributed by atoms with E-state index in [1.807, 2.05) is 56.3 Å². The lowest BCUT2D eigenvalue weighted by Gasteiger charge is -2.19. The van der Waals surface area contributed by atoms with Gasteiger partial charge >= 0.3 is 0 Å². The van der Waals surface area contributed by atoms with Crippen molar-refractivity contribution in [3.8, 4) is 5.75 Å². The maximum Gasteiger partial charge on any atom is 0.256 e. The van der Waals surface area contributed by atoms with Gasteiger partial charge in [0.15, 0.2) is 0 Å². The second-order valence-corrected chi connectivity index (χ2v) is 5.92. The van der Waals surface area contributed by atoms with Gasteiger partial charge in [0.25, 0.3) is 5.91 Å². The Morgan fingerprint density at radius 1 is 1.08 bits per heavy atom. The second kappa shape index (κ2) is 6.35. The fourth-order valence-electron chi connectivity index (χ4n) is 2.86. The minimum atomic E-state index is -0.550. The zero-order valence-electron chi connectivity index (χ0n) is 14.0. The van der Waals surface area contributed by atoms with Gasteiger partial charge in [0.1, 0.15) is 11.8 Å². The highest BCUT2D eigenvalue weighted by atomic mass is 16.5. The normalized spacial score (nSPS) is 17.3. The first kappa shape index (κ1) is 16.1. The summed E-state index contributed by atoms with van der Waals surface area (Å²) >= 11 is 0. The van der Waals surface area contributed by atoms with Crippen LogP contribution in [0.4, 0.5) is 11.4 Å². The zero-order valence-corrected chi connectivity index (χ0v) is 14.0. The predicted octanol–water partition coefficient (Wildman–Crippen LogP) is 3.06. The first-order chi connectivity index (χ1) is 11.5. The van der Waals surface area contributed by atoms with Crippen LogP contribution in [0.2, 0.25) is 0 Å². The molecular formula is C19H20N2O3. The standard InChI is InChI=1S/C19H20N2O3/c1-12-5-4-6-17(13(12)2)21-18(22)11-16(19(21)23)20-14-7-9-15(24-3)10-8-14/h4-10,16,20H,11H2,1-3H3/t16-/m0/s1. The van der Waals surface area contributed by atoms with Crippen LogP contribution < -0.4 is 15.0 Å². The highest BCUT2D eigenvalue weighted by molar-refractivity contribution is 6.23. The molecule has 2 aromatic rings. The van der Waals surface area contributed by atoms with Gasteiger partial charge in [0.05, 0.1) is 19.2 Å². The maximum absolute atomic E-state index is 12.7. The van der Waals surface area contributed by atoms with E-state index in [0.29, 0.717) is 5.69 Å². The minimum absolute atomic E-state index is 0.151. The lowest BCUT2D eigenvalue weighted by Crippen LogP contribution is -2.35. The van der Waals surface area contributed by atoms with Crippen molar-refractivity contribution in [3.05, 3.63) is 53.6 Å². The Hall–Kier alpha value is -2.82. The molecule has 0 bridgehead atoms. The number of carbonyl (C=O) groups excluding carboxylic acids is 2. The van der Waals surface area contributed by atoms with Crippen LogP contribution >= 0.6 is 0 Å². The number of amides is 2. The van der Waals surface area contributed by atoms with Crippen LogP contribution in [0.1, 0.15) is 17.5 Å². The van der Waals surface area contributed by atoms with Crippen LogP contribution in [0.5, 0.6) is 5.75 Å². The monoisotopic (exact) mass is 324 g/mol. The van der Waals surface area contributed by atoms with Crippen molar-refractivity contribution in [2.24, 2.45) is 0 Å². The van der Waals surface area contributed by atoms with E-state index in [1.54, 1.807) is 7.11 Å². The van der Waals surface area contributed by atoms with E-state index in [9.17, 15) is 9.59 Å². The maximum atomic E-state index is 12.7. The molecule has 1 N–H and O–H groups in total. The quantitative estimate of drug-likeness (QED) is 0.878. The molecule has 0 aliphatic carbocycles. The van der Waals surface area contributed by atoms with Gasteiger partial charge in [-0.2, -0.15) is 0 Å². The number of nitrogens with zero attached hydrogens (tertiary/aromatic N) is 1. The van der Waals surface area contributed by atoms with Gasteiger partial charge in [-0.15, -0.1) is 0 Å². The van der Waals surface area contributed by atoms with E-state index in [-0.39, 0.29) is 18.2 Å². The Bertz CT molecular complexity index is 784. The summed E-state index contributed by atoms with van der Waals surface area (Å²) in [7, 11) is 1.60. The first-order valence-corrected chi connectivity index (χ1v) is 7.85. The van der Waals surface area contributed by atoms with Crippen molar-refractivity contribution in [1.29, 1.82) is 0 Å². The minimum Gasteiger partial charge on any atom is -0.497 e. The molecule has 1 fully saturated rings. The van der Waals surface area contributed by atoms with Crippen LogP contribution in [0.3, 0.4) is 0 Å². The van der Waals surface area contributed by atoms with Crippen LogP contribution in [-0.4, -0.2) is 25.0 Å². The Morgan fingerprint density at radius 2 is 1.79 bits per heavy atom. The number of aryl methyl sites for hydroxylation is 1. The summed E-state index contributed by atoms with van der Waals surface area (Å²) in [6, 6.07) is 12.4. The smallest absolute Gasteiger partial charge is 0.256 e. The molecule has 1 aliphatic heterocycles. The van der Waals surface area contributed by atoms with E-state index >= 15 is 0 Å². The molecule has 5 heteroatoms. The number of anilines is 2. The summed E-state index contributed by atoms with van der Waals surface area (Å²) in [6.07, 6.45) is 0.151. The van der Waals surface area contributed by atoms with E-state index in [1.165, 1.54) is 4.90 Å². The number of hydrogen-bond donors (Lipinski definition) is 1. The van der Waals surface area contributed by atoms with Gasteiger partial charge in [0, 0.05) is 5.69 Å². The van der Waals surface area contributed by atoms with Gasteiger partial charge in [-0.3, -0.25) is 9.59 Å². The zero-order chi connectivity index (χ0) is 17.3. The molecule has 1 atom stereocenters. The molecule has 1 saturated heterocycles. The van der Waals surface area contributed by atoms with Crippen molar-refractivity contribution in [1.82, 2.24) is 0 Å². The third-order valence-corrected chi connectivity index (χ3v) is 4.39. The molecule has 1 aliphatic rings. The van der Waals surface area contributed by atoms with Gasteiger partial charge in [-0.05, 0) is 55.3 Å². The third kappa shape index (κ3) is 2.85. The molecule has 124 valence electrons. The van der Waals surface area contributed by atoms with Gasteiger partial charge in [-0.25, -0.2) is 4.90 Å². The molecule has 1 heterocycles. The lowest BCUT2D eigenvalue weighted by molar-refractivity contribution is -0.121. The largest absolute Gasteiger partial charge is 0.497 e. The summed E-state index contributed by atoms with van der Waals surface area (Å²) in [5.74, 6) is 0.343. The molecule has 3 rings (SSSR count). The van der Waals surface area contributed by atoms with Crippen LogP contribution in [0, 0.1) is 13.8 Å². The van der Waals surface area contributed by atoms with E-state index < -0.39 is 6.04 Å². The average Bonchev–Trinajstić information content (AvgIpc) is 2.85. The highest BCUT2D eigenvalue weighted by Crippen LogP contribution is 2.29. The number of ether oxygens (including phenoxy) is 1. The number of imide groups is 1. The van der Waals surface area contributed by atoms with Crippen LogP contribution in [0.15, 0.2) is 42.5 Å². The van der Waals surface area contributed by atoms with Gasteiger partial charge in [-0.1, -0.05) is 12.1 Å². The topological polar surface area (TPSA) is 58.6 Å². The van der Waals surface area contributed by atoms with Crippen molar-refractivity contribution in [2.75, 3.05) is 17.3 Å². The van der Waals surface area contributed by atoms with Crippen molar-refractivity contribution >= 4 is 23.2 Å². The van der Waals surface area contributed by atoms with E-state index in [4.69, 9.17) is 4.74 Å². The molecule has 24 heavy (non-hydrogen) atoms. The lowest BCUT2D eigenvalue weighted by atomic mass is 10.1. The van der Waals surface area contributed by atoms with Crippen molar-refractivity contribution in [2.45, 2.75) is 26.3 Å². The summed E-state index contributed by atoms with van der Waals surface area (Å²) in [5.41, 5.74) is 3.46. The highest BCUT2D eigenvalue weighted by Gasteiger charge is 2.40. The number of carbonyl (C=O) groups is 2. The molecule has 5 nitrogen and oxygen atoms in total. The molecular weight excluding hydrogens is 304 g/mol. The van der Waals surface area contributed by atoms with E-state index in [0.717, 1.165) is 22.6 Å². The second-order valence-electron chi connectivity index (χ2n) is 5.92. The number of benzene rings is 2. The summed E-state index contributed by atoms with van der Waals surface area (Å²) in [4.78, 5) is 26.4. The molecule has 2 aromatic carbocycles. The molecule has 0 spiro atoms. The van der Waals surface area contributed by atoms with Crippen molar-refractivity contribution in [3.63, 3.8) is 0 Å². The Kier molecular flexibility index (Phi) is 4.25. The number of rotatable bonds is 4. The molecule has 0 radical (unpaired) electrons. The van der Waals surface area contributed by atoms with Crippen LogP contribution in [0.25, 0.3) is 0 Å². The molecule has 0 unspecified atom stereocenters. The number of methoxy groups -OCH3 is 1. The Labute approximate surface area is 141 Å². The SMILES string of the molecule is COc1ccc(N[C@H]2CC(=O)N(c3cccc(C)c3C)C2=O)cc1. The molecule has 0 saturated carbocycles. The Balaban J connectivity index is 1.82. The predicted molar refractivity (Wildman–Crippen MR) is 93.4 cm³/mol. The van der Waals surface area contributed by atoms with E-state index in [2.05, 4.69) is 5.32 Å². The fraction of sp³-hybridized carbons (Fsp3) is 0.263. The third-order valence-electron chi connectivity index (χ3n) is 4.39. The van der Waals surface area contributed by atoms with Gasteiger partial charge in [0.2, 0.25) is 5.91 Å². The fourth-order valence-corrected chi connectivity index (χ4v) is 2.86. The number of hydrogen-bond acceptors (Lipinski definition) is 4. The summed E-state index contributed by atoms with van der Waals surface area (Å²) in [5, 5.41) is 3.14.